The molecule has 1 amide bonds. The number of aliphatic hydroxyl groups excluding tert-OH is 1. The van der Waals surface area contributed by atoms with E-state index in [-0.39, 0.29) is 6.10 Å². The van der Waals surface area contributed by atoms with Gasteiger partial charge in [0.05, 0.1) is 11.7 Å². The number of benzene rings is 1. The highest BCUT2D eigenvalue weighted by atomic mass is 16.5. The topological polar surface area (TPSA) is 97.5 Å². The molecule has 0 saturated heterocycles. The summed E-state index contributed by atoms with van der Waals surface area (Å²) in [5.41, 5.74) is 8.14. The fraction of sp³-hybridized carbons (Fsp3) is 0.368. The second-order valence-electron chi connectivity index (χ2n) is 6.48. The molecule has 0 aliphatic heterocycles. The third-order valence-electron chi connectivity index (χ3n) is 4.35. The quantitative estimate of drug-likeness (QED) is 0.713. The minimum absolute atomic E-state index is 0.273. The Bertz CT molecular complexity index is 744. The Hall–Kier alpha value is -2.44. The normalized spacial score (nSPS) is 17.1. The number of aliphatic hydroxyl groups is 1. The molecule has 3 rings (SSSR count). The third kappa shape index (κ3) is 4.55. The number of ether oxygens (including phenoxy) is 1. The summed E-state index contributed by atoms with van der Waals surface area (Å²) >= 11 is 0. The van der Waals surface area contributed by atoms with Gasteiger partial charge in [-0.3, -0.25) is 4.79 Å². The highest BCUT2D eigenvalue weighted by Gasteiger charge is 2.21. The van der Waals surface area contributed by atoms with Gasteiger partial charge in [-0.2, -0.15) is 0 Å². The van der Waals surface area contributed by atoms with E-state index in [9.17, 15) is 9.90 Å². The van der Waals surface area contributed by atoms with E-state index >= 15 is 0 Å². The SMILES string of the molecule is CC(O)CCNC1Cc2ccc(Oc3ccc(C(N)=O)cn3)cc2C1. The van der Waals surface area contributed by atoms with Gasteiger partial charge in [0.1, 0.15) is 5.75 Å². The van der Waals surface area contributed by atoms with Crippen molar-refractivity contribution in [3.05, 3.63) is 53.2 Å². The van der Waals surface area contributed by atoms with Crippen LogP contribution in [0.2, 0.25) is 0 Å². The summed E-state index contributed by atoms with van der Waals surface area (Å²) in [5, 5.41) is 12.8. The minimum atomic E-state index is -0.509. The number of carbonyl (C=O) groups is 1. The number of amides is 1. The molecule has 132 valence electrons. The Balaban J connectivity index is 1.60. The molecular formula is C19H23N3O3. The summed E-state index contributed by atoms with van der Waals surface area (Å²) < 4.78 is 5.77. The van der Waals surface area contributed by atoms with Crippen LogP contribution in [-0.2, 0) is 12.8 Å². The van der Waals surface area contributed by atoms with Crippen molar-refractivity contribution in [1.82, 2.24) is 10.3 Å². The Morgan fingerprint density at radius 1 is 1.36 bits per heavy atom. The molecule has 2 atom stereocenters. The molecule has 1 aromatic heterocycles. The number of hydrogen-bond donors (Lipinski definition) is 3. The molecule has 0 saturated carbocycles. The van der Waals surface area contributed by atoms with Gasteiger partial charge in [-0.15, -0.1) is 0 Å². The predicted molar refractivity (Wildman–Crippen MR) is 94.8 cm³/mol. The van der Waals surface area contributed by atoms with Crippen LogP contribution in [0.25, 0.3) is 0 Å². The summed E-state index contributed by atoms with van der Waals surface area (Å²) in [7, 11) is 0. The Labute approximate surface area is 147 Å². The van der Waals surface area contributed by atoms with Crippen molar-refractivity contribution in [3.63, 3.8) is 0 Å². The lowest BCUT2D eigenvalue weighted by Crippen LogP contribution is -2.31. The summed E-state index contributed by atoms with van der Waals surface area (Å²) in [4.78, 5) is 15.2. The van der Waals surface area contributed by atoms with Crippen molar-refractivity contribution in [2.75, 3.05) is 6.54 Å². The van der Waals surface area contributed by atoms with E-state index in [1.165, 1.54) is 17.3 Å². The monoisotopic (exact) mass is 341 g/mol. The van der Waals surface area contributed by atoms with Gasteiger partial charge in [-0.25, -0.2) is 4.98 Å². The van der Waals surface area contributed by atoms with Gasteiger partial charge in [-0.1, -0.05) is 6.07 Å². The number of nitrogens with zero attached hydrogens (tertiary/aromatic N) is 1. The fourth-order valence-corrected chi connectivity index (χ4v) is 3.01. The van der Waals surface area contributed by atoms with Crippen LogP contribution in [0, 0.1) is 0 Å². The number of pyridine rings is 1. The number of carbonyl (C=O) groups excluding carboxylic acids is 1. The van der Waals surface area contributed by atoms with E-state index in [4.69, 9.17) is 10.5 Å². The first-order valence-electron chi connectivity index (χ1n) is 8.48. The smallest absolute Gasteiger partial charge is 0.250 e. The molecule has 0 fully saturated rings. The highest BCUT2D eigenvalue weighted by molar-refractivity contribution is 5.92. The number of hydrogen-bond acceptors (Lipinski definition) is 5. The van der Waals surface area contributed by atoms with Gasteiger partial charge in [0.2, 0.25) is 11.8 Å². The lowest BCUT2D eigenvalue weighted by molar-refractivity contribution is 0.1000. The number of aromatic nitrogens is 1. The van der Waals surface area contributed by atoms with Crippen LogP contribution in [0.3, 0.4) is 0 Å². The average molecular weight is 341 g/mol. The third-order valence-corrected chi connectivity index (χ3v) is 4.35. The van der Waals surface area contributed by atoms with Crippen LogP contribution in [0.5, 0.6) is 11.6 Å². The Kier molecular flexibility index (Phi) is 5.31. The summed E-state index contributed by atoms with van der Waals surface area (Å²) in [5.74, 6) is 0.642. The standard InChI is InChI=1S/C19H23N3O3/c1-12(23)6-7-21-16-8-13-2-4-17(10-15(13)9-16)25-18-5-3-14(11-22-18)19(20)24/h2-5,10-12,16,21,23H,6-9H2,1H3,(H2,20,24). The van der Waals surface area contributed by atoms with Gasteiger partial charge in [-0.05, 0) is 62.1 Å². The van der Waals surface area contributed by atoms with E-state index in [2.05, 4.69) is 16.4 Å². The van der Waals surface area contributed by atoms with Crippen LogP contribution < -0.4 is 15.8 Å². The first kappa shape index (κ1) is 17.4. The van der Waals surface area contributed by atoms with E-state index < -0.39 is 5.91 Å². The van der Waals surface area contributed by atoms with Crippen molar-refractivity contribution in [3.8, 4) is 11.6 Å². The number of fused-ring (bicyclic) bond motifs is 1. The zero-order chi connectivity index (χ0) is 17.8. The van der Waals surface area contributed by atoms with Crippen molar-refractivity contribution < 1.29 is 14.6 Å². The largest absolute Gasteiger partial charge is 0.439 e. The number of rotatable bonds is 7. The predicted octanol–water partition coefficient (Wildman–Crippen LogP) is 1.80. The number of primary amides is 1. The molecule has 1 aromatic carbocycles. The molecule has 0 spiro atoms. The summed E-state index contributed by atoms with van der Waals surface area (Å²) in [6.45, 7) is 2.62. The first-order valence-corrected chi connectivity index (χ1v) is 8.48. The van der Waals surface area contributed by atoms with Crippen molar-refractivity contribution in [2.24, 2.45) is 5.73 Å². The molecule has 25 heavy (non-hydrogen) atoms. The first-order chi connectivity index (χ1) is 12.0. The average Bonchev–Trinajstić information content (AvgIpc) is 2.97. The maximum absolute atomic E-state index is 11.1. The van der Waals surface area contributed by atoms with Gasteiger partial charge < -0.3 is 20.9 Å². The van der Waals surface area contributed by atoms with E-state index in [0.29, 0.717) is 17.5 Å². The second-order valence-corrected chi connectivity index (χ2v) is 6.48. The number of nitrogens with one attached hydrogen (secondary N) is 1. The van der Waals surface area contributed by atoms with Crippen molar-refractivity contribution in [1.29, 1.82) is 0 Å². The zero-order valence-corrected chi connectivity index (χ0v) is 14.2. The minimum Gasteiger partial charge on any atom is -0.439 e. The maximum Gasteiger partial charge on any atom is 0.250 e. The zero-order valence-electron chi connectivity index (χ0n) is 14.2. The fourth-order valence-electron chi connectivity index (χ4n) is 3.01. The van der Waals surface area contributed by atoms with Crippen LogP contribution in [-0.4, -0.2) is 34.7 Å². The molecule has 6 nitrogen and oxygen atoms in total. The lowest BCUT2D eigenvalue weighted by Gasteiger charge is -2.12. The van der Waals surface area contributed by atoms with Gasteiger partial charge in [0, 0.05) is 18.3 Å². The highest BCUT2D eigenvalue weighted by Crippen LogP contribution is 2.28. The van der Waals surface area contributed by atoms with E-state index in [1.54, 1.807) is 19.1 Å². The van der Waals surface area contributed by atoms with Crippen molar-refractivity contribution >= 4 is 5.91 Å². The molecule has 2 aromatic rings. The van der Waals surface area contributed by atoms with Crippen LogP contribution >= 0.6 is 0 Å². The molecule has 1 heterocycles. The molecule has 2 unspecified atom stereocenters. The Morgan fingerprint density at radius 3 is 2.84 bits per heavy atom. The van der Waals surface area contributed by atoms with Crippen LogP contribution in [0.1, 0.15) is 34.8 Å². The van der Waals surface area contributed by atoms with E-state index in [0.717, 1.165) is 31.6 Å². The van der Waals surface area contributed by atoms with Crippen molar-refractivity contribution in [2.45, 2.75) is 38.3 Å². The molecule has 6 heteroatoms. The van der Waals surface area contributed by atoms with Gasteiger partial charge in [0.15, 0.2) is 0 Å². The molecule has 1 aliphatic carbocycles. The lowest BCUT2D eigenvalue weighted by atomic mass is 10.1. The summed E-state index contributed by atoms with van der Waals surface area (Å²) in [6, 6.07) is 9.68. The van der Waals surface area contributed by atoms with Crippen LogP contribution in [0.15, 0.2) is 36.5 Å². The molecule has 4 N–H and O–H groups in total. The Morgan fingerprint density at radius 2 is 2.16 bits per heavy atom. The number of nitrogens with two attached hydrogens (primary N) is 1. The molecule has 1 aliphatic rings. The molecule has 0 radical (unpaired) electrons. The van der Waals surface area contributed by atoms with E-state index in [1.807, 2.05) is 12.1 Å². The molecule has 0 bridgehead atoms. The summed E-state index contributed by atoms with van der Waals surface area (Å²) in [6.07, 6.45) is 3.83. The van der Waals surface area contributed by atoms with Gasteiger partial charge >= 0.3 is 0 Å². The van der Waals surface area contributed by atoms with Crippen LogP contribution in [0.4, 0.5) is 0 Å². The second kappa shape index (κ2) is 7.63. The molecular weight excluding hydrogens is 318 g/mol. The van der Waals surface area contributed by atoms with Gasteiger partial charge in [0.25, 0.3) is 0 Å². The maximum atomic E-state index is 11.1.